The van der Waals surface area contributed by atoms with E-state index in [4.69, 9.17) is 4.42 Å². The van der Waals surface area contributed by atoms with Crippen LogP contribution in [-0.2, 0) is 6.54 Å². The Morgan fingerprint density at radius 1 is 1.28 bits per heavy atom. The van der Waals surface area contributed by atoms with Crippen molar-refractivity contribution in [3.05, 3.63) is 46.3 Å². The minimum Gasteiger partial charge on any atom is -0.466 e. The molecule has 0 spiro atoms. The lowest BCUT2D eigenvalue weighted by molar-refractivity contribution is 0.516. The number of nitrogens with one attached hydrogen (secondary N) is 1. The third-order valence-electron chi connectivity index (χ3n) is 2.84. The summed E-state index contributed by atoms with van der Waals surface area (Å²) < 4.78 is 6.36. The molecule has 4 heteroatoms. The van der Waals surface area contributed by atoms with Gasteiger partial charge in [0.2, 0.25) is 0 Å². The molecular formula is C14H17BrN2O. The summed E-state index contributed by atoms with van der Waals surface area (Å²) in [4.78, 5) is 2.11. The van der Waals surface area contributed by atoms with Crippen LogP contribution in [-0.4, -0.2) is 14.1 Å². The zero-order valence-corrected chi connectivity index (χ0v) is 12.4. The molecule has 0 amide bonds. The van der Waals surface area contributed by atoms with Gasteiger partial charge in [-0.15, -0.1) is 0 Å². The zero-order valence-electron chi connectivity index (χ0n) is 10.8. The highest BCUT2D eigenvalue weighted by molar-refractivity contribution is 9.10. The van der Waals surface area contributed by atoms with E-state index >= 15 is 0 Å². The van der Waals surface area contributed by atoms with Crippen LogP contribution in [0, 0.1) is 6.92 Å². The van der Waals surface area contributed by atoms with E-state index in [2.05, 4.69) is 65.4 Å². The average molecular weight is 309 g/mol. The minimum atomic E-state index is 0.670. The van der Waals surface area contributed by atoms with Crippen LogP contribution in [0.4, 0.5) is 11.4 Å². The second-order valence-corrected chi connectivity index (χ2v) is 5.30. The summed E-state index contributed by atoms with van der Waals surface area (Å²) in [5, 5.41) is 3.36. The van der Waals surface area contributed by atoms with Gasteiger partial charge in [0, 0.05) is 25.5 Å². The number of benzene rings is 1. The first kappa shape index (κ1) is 13.0. The van der Waals surface area contributed by atoms with E-state index in [9.17, 15) is 0 Å². The van der Waals surface area contributed by atoms with Crippen LogP contribution >= 0.6 is 15.9 Å². The molecule has 1 heterocycles. The number of hydrogen-bond acceptors (Lipinski definition) is 3. The lowest BCUT2D eigenvalue weighted by atomic mass is 10.1. The van der Waals surface area contributed by atoms with Crippen LogP contribution in [0.3, 0.4) is 0 Å². The SMILES string of the molecule is Cc1ccc(NCc2occc2Br)cc1N(C)C. The highest BCUT2D eigenvalue weighted by Crippen LogP contribution is 2.24. The van der Waals surface area contributed by atoms with Crippen molar-refractivity contribution in [2.75, 3.05) is 24.3 Å². The molecule has 1 aromatic carbocycles. The maximum Gasteiger partial charge on any atom is 0.136 e. The summed E-state index contributed by atoms with van der Waals surface area (Å²) in [6.07, 6.45) is 1.68. The van der Waals surface area contributed by atoms with Gasteiger partial charge in [0.05, 0.1) is 17.3 Å². The van der Waals surface area contributed by atoms with Crippen molar-refractivity contribution >= 4 is 27.3 Å². The van der Waals surface area contributed by atoms with Crippen molar-refractivity contribution in [2.45, 2.75) is 13.5 Å². The first-order valence-corrected chi connectivity index (χ1v) is 6.61. The summed E-state index contributed by atoms with van der Waals surface area (Å²) >= 11 is 3.45. The Morgan fingerprint density at radius 3 is 2.67 bits per heavy atom. The van der Waals surface area contributed by atoms with E-state index in [-0.39, 0.29) is 0 Å². The molecule has 0 unspecified atom stereocenters. The highest BCUT2D eigenvalue weighted by atomic mass is 79.9. The minimum absolute atomic E-state index is 0.670. The van der Waals surface area contributed by atoms with Crippen LogP contribution in [0.1, 0.15) is 11.3 Å². The molecular weight excluding hydrogens is 292 g/mol. The van der Waals surface area contributed by atoms with Gasteiger partial charge in [-0.3, -0.25) is 0 Å². The Hall–Kier alpha value is -1.42. The van der Waals surface area contributed by atoms with E-state index in [1.54, 1.807) is 6.26 Å². The number of halogens is 1. The topological polar surface area (TPSA) is 28.4 Å². The number of furan rings is 1. The van der Waals surface area contributed by atoms with Crippen molar-refractivity contribution in [3.8, 4) is 0 Å². The van der Waals surface area contributed by atoms with E-state index < -0.39 is 0 Å². The third kappa shape index (κ3) is 2.88. The molecule has 0 aliphatic carbocycles. The summed E-state index contributed by atoms with van der Waals surface area (Å²) in [7, 11) is 4.10. The van der Waals surface area contributed by atoms with Gasteiger partial charge >= 0.3 is 0 Å². The molecule has 96 valence electrons. The summed E-state index contributed by atoms with van der Waals surface area (Å²) in [6.45, 7) is 2.78. The van der Waals surface area contributed by atoms with Crippen LogP contribution < -0.4 is 10.2 Å². The molecule has 0 fully saturated rings. The second-order valence-electron chi connectivity index (χ2n) is 4.44. The molecule has 2 aromatic rings. The number of anilines is 2. The van der Waals surface area contributed by atoms with Crippen LogP contribution in [0.15, 0.2) is 39.4 Å². The Labute approximate surface area is 116 Å². The smallest absolute Gasteiger partial charge is 0.136 e. The van der Waals surface area contributed by atoms with Crippen molar-refractivity contribution in [1.82, 2.24) is 0 Å². The quantitative estimate of drug-likeness (QED) is 0.924. The van der Waals surface area contributed by atoms with E-state index in [0.29, 0.717) is 6.54 Å². The van der Waals surface area contributed by atoms with Crippen LogP contribution in [0.25, 0.3) is 0 Å². The predicted molar refractivity (Wildman–Crippen MR) is 79.2 cm³/mol. The monoisotopic (exact) mass is 308 g/mol. The van der Waals surface area contributed by atoms with Gasteiger partial charge in [0.25, 0.3) is 0 Å². The second kappa shape index (κ2) is 5.48. The lowest BCUT2D eigenvalue weighted by Crippen LogP contribution is -2.10. The van der Waals surface area contributed by atoms with Crippen molar-refractivity contribution in [2.24, 2.45) is 0 Å². The van der Waals surface area contributed by atoms with Gasteiger partial charge in [0.15, 0.2) is 0 Å². The first-order valence-electron chi connectivity index (χ1n) is 5.81. The molecule has 18 heavy (non-hydrogen) atoms. The standard InChI is InChI=1S/C14H17BrN2O/c1-10-4-5-11(8-13(10)17(2)3)16-9-14-12(15)6-7-18-14/h4-8,16H,9H2,1-3H3. The van der Waals surface area contributed by atoms with E-state index in [1.165, 1.54) is 11.3 Å². The van der Waals surface area contributed by atoms with Crippen molar-refractivity contribution in [3.63, 3.8) is 0 Å². The average Bonchev–Trinajstić information content (AvgIpc) is 2.73. The summed E-state index contributed by atoms with van der Waals surface area (Å²) in [5.74, 6) is 0.905. The van der Waals surface area contributed by atoms with Crippen LogP contribution in [0.2, 0.25) is 0 Å². The molecule has 0 radical (unpaired) electrons. The molecule has 0 aliphatic rings. The number of nitrogens with zero attached hydrogens (tertiary/aromatic N) is 1. The Bertz CT molecular complexity index is 534. The fourth-order valence-electron chi connectivity index (χ4n) is 1.83. The van der Waals surface area contributed by atoms with Gasteiger partial charge in [-0.05, 0) is 46.6 Å². The fraction of sp³-hybridized carbons (Fsp3) is 0.286. The molecule has 0 saturated carbocycles. The van der Waals surface area contributed by atoms with E-state index in [1.807, 2.05) is 6.07 Å². The highest BCUT2D eigenvalue weighted by Gasteiger charge is 2.05. The molecule has 1 N–H and O–H groups in total. The van der Waals surface area contributed by atoms with Gasteiger partial charge < -0.3 is 14.6 Å². The Morgan fingerprint density at radius 2 is 2.06 bits per heavy atom. The zero-order chi connectivity index (χ0) is 13.1. The van der Waals surface area contributed by atoms with Gasteiger partial charge in [-0.2, -0.15) is 0 Å². The molecule has 0 saturated heterocycles. The number of hydrogen-bond donors (Lipinski definition) is 1. The van der Waals surface area contributed by atoms with Gasteiger partial charge in [-0.25, -0.2) is 0 Å². The van der Waals surface area contributed by atoms with Gasteiger partial charge in [0.1, 0.15) is 5.76 Å². The Kier molecular flexibility index (Phi) is 3.97. The normalized spacial score (nSPS) is 10.4. The Balaban J connectivity index is 2.10. The number of rotatable bonds is 4. The van der Waals surface area contributed by atoms with Crippen molar-refractivity contribution < 1.29 is 4.42 Å². The molecule has 1 aromatic heterocycles. The van der Waals surface area contributed by atoms with Crippen molar-refractivity contribution in [1.29, 1.82) is 0 Å². The third-order valence-corrected chi connectivity index (χ3v) is 3.54. The molecule has 0 bridgehead atoms. The molecule has 3 nitrogen and oxygen atoms in total. The largest absolute Gasteiger partial charge is 0.466 e. The first-order chi connectivity index (χ1) is 8.58. The summed E-state index contributed by atoms with van der Waals surface area (Å²) in [6, 6.07) is 8.25. The maximum absolute atomic E-state index is 5.37. The molecule has 2 rings (SSSR count). The van der Waals surface area contributed by atoms with E-state index in [0.717, 1.165) is 15.9 Å². The maximum atomic E-state index is 5.37. The van der Waals surface area contributed by atoms with Gasteiger partial charge in [-0.1, -0.05) is 6.07 Å². The number of aryl methyl sites for hydroxylation is 1. The molecule has 0 aliphatic heterocycles. The van der Waals surface area contributed by atoms with Crippen LogP contribution in [0.5, 0.6) is 0 Å². The lowest BCUT2D eigenvalue weighted by Gasteiger charge is -2.17. The molecule has 0 atom stereocenters. The summed E-state index contributed by atoms with van der Waals surface area (Å²) in [5.41, 5.74) is 3.58. The fourth-order valence-corrected chi connectivity index (χ4v) is 2.18. The predicted octanol–water partition coefficient (Wildman–Crippen LogP) is 4.03.